The van der Waals surface area contributed by atoms with Gasteiger partial charge in [0.1, 0.15) is 17.2 Å². The van der Waals surface area contributed by atoms with Crippen LogP contribution in [0.15, 0.2) is 24.8 Å². The van der Waals surface area contributed by atoms with E-state index in [2.05, 4.69) is 58.5 Å². The maximum Gasteiger partial charge on any atom is 0.290 e. The van der Waals surface area contributed by atoms with E-state index in [1.54, 1.807) is 4.57 Å². The van der Waals surface area contributed by atoms with Gasteiger partial charge in [-0.05, 0) is 42.2 Å². The van der Waals surface area contributed by atoms with Gasteiger partial charge in [0.2, 0.25) is 5.91 Å². The zero-order valence-electron chi connectivity index (χ0n) is 24.1. The minimum absolute atomic E-state index is 0.0714. The molecule has 0 aliphatic carbocycles. The zero-order chi connectivity index (χ0) is 31.5. The number of aromatic amines is 1. The van der Waals surface area contributed by atoms with Crippen LogP contribution in [-0.2, 0) is 21.5 Å². The number of benzene rings is 1. The number of hydrogen-bond donors (Lipinski definition) is 5. The van der Waals surface area contributed by atoms with E-state index in [9.17, 15) is 18.4 Å². The SMILES string of the molecule is C=CC(=O)N1CC(NC(=O)c2c(C(F)F)nc(CNc3n[nH]c4cc(Cl)c(C(C)(C)C)cc34)n2C2CCNC2)C1.O=CO. The van der Waals surface area contributed by atoms with E-state index in [4.69, 9.17) is 21.5 Å². The van der Waals surface area contributed by atoms with Gasteiger partial charge in [0.25, 0.3) is 18.8 Å². The summed E-state index contributed by atoms with van der Waals surface area (Å²) in [6.07, 6.45) is -1.08. The summed E-state index contributed by atoms with van der Waals surface area (Å²) in [6.45, 7) is 11.3. The third kappa shape index (κ3) is 6.80. The van der Waals surface area contributed by atoms with Crippen molar-refractivity contribution in [1.82, 2.24) is 35.3 Å². The molecule has 15 heteroatoms. The van der Waals surface area contributed by atoms with E-state index in [1.807, 2.05) is 12.1 Å². The highest BCUT2D eigenvalue weighted by Crippen LogP contribution is 2.35. The average molecular weight is 621 g/mol. The molecule has 1 unspecified atom stereocenters. The van der Waals surface area contributed by atoms with Crippen molar-refractivity contribution in [3.05, 3.63) is 52.6 Å². The summed E-state index contributed by atoms with van der Waals surface area (Å²) in [5, 5.41) is 24.9. The Balaban J connectivity index is 0.00000135. The van der Waals surface area contributed by atoms with Gasteiger partial charge in [-0.2, -0.15) is 5.10 Å². The lowest BCUT2D eigenvalue weighted by Gasteiger charge is -2.39. The molecule has 3 aromatic rings. The molecule has 12 nitrogen and oxygen atoms in total. The Kier molecular flexibility index (Phi) is 9.70. The van der Waals surface area contributed by atoms with Crippen LogP contribution in [-0.4, -0.2) is 80.3 Å². The molecule has 0 bridgehead atoms. The number of rotatable bonds is 8. The quantitative estimate of drug-likeness (QED) is 0.189. The van der Waals surface area contributed by atoms with Crippen LogP contribution < -0.4 is 16.0 Å². The van der Waals surface area contributed by atoms with Crippen molar-refractivity contribution in [2.75, 3.05) is 31.5 Å². The second kappa shape index (κ2) is 13.1. The van der Waals surface area contributed by atoms with Crippen molar-refractivity contribution in [3.8, 4) is 0 Å². The molecule has 2 aromatic heterocycles. The number of nitrogens with one attached hydrogen (secondary N) is 4. The molecule has 5 rings (SSSR count). The van der Waals surface area contributed by atoms with Crippen molar-refractivity contribution in [2.45, 2.75) is 57.7 Å². The minimum Gasteiger partial charge on any atom is -0.483 e. The number of carboxylic acid groups (broad SMARTS) is 1. The molecule has 5 N–H and O–H groups in total. The topological polar surface area (TPSA) is 157 Å². The molecule has 0 saturated carbocycles. The van der Waals surface area contributed by atoms with Gasteiger partial charge in [0, 0.05) is 36.1 Å². The lowest BCUT2D eigenvalue weighted by Crippen LogP contribution is -2.60. The minimum atomic E-state index is -2.95. The normalized spacial score (nSPS) is 16.9. The molecular weight excluding hydrogens is 586 g/mol. The summed E-state index contributed by atoms with van der Waals surface area (Å²) >= 11 is 6.50. The number of aromatic nitrogens is 4. The first-order valence-corrected chi connectivity index (χ1v) is 14.1. The predicted octanol–water partition coefficient (Wildman–Crippen LogP) is 3.62. The van der Waals surface area contributed by atoms with Gasteiger partial charge in [-0.25, -0.2) is 13.8 Å². The Morgan fingerprint density at radius 2 is 2.00 bits per heavy atom. The number of likely N-dealkylation sites (tertiary alicyclic amines) is 1. The summed E-state index contributed by atoms with van der Waals surface area (Å²) in [4.78, 5) is 39.3. The van der Waals surface area contributed by atoms with Crippen LogP contribution >= 0.6 is 11.6 Å². The number of nitrogens with zero attached hydrogens (tertiary/aromatic N) is 4. The Labute approximate surface area is 251 Å². The van der Waals surface area contributed by atoms with Crippen LogP contribution in [0.3, 0.4) is 0 Å². The Morgan fingerprint density at radius 3 is 2.58 bits per heavy atom. The third-order valence-corrected chi connectivity index (χ3v) is 7.72. The first-order chi connectivity index (χ1) is 20.4. The maximum absolute atomic E-state index is 14.2. The van der Waals surface area contributed by atoms with Gasteiger partial charge in [0.05, 0.1) is 18.1 Å². The molecule has 4 heterocycles. The van der Waals surface area contributed by atoms with Gasteiger partial charge in [-0.1, -0.05) is 39.0 Å². The zero-order valence-corrected chi connectivity index (χ0v) is 24.8. The van der Waals surface area contributed by atoms with Crippen LogP contribution in [0.5, 0.6) is 0 Å². The fourth-order valence-electron chi connectivity index (χ4n) is 5.30. The molecule has 2 amide bonds. The van der Waals surface area contributed by atoms with E-state index >= 15 is 0 Å². The monoisotopic (exact) mass is 620 g/mol. The number of imidazole rings is 1. The van der Waals surface area contributed by atoms with Crippen molar-refractivity contribution in [1.29, 1.82) is 0 Å². The number of carbonyl (C=O) groups is 3. The van der Waals surface area contributed by atoms with Gasteiger partial charge >= 0.3 is 0 Å². The summed E-state index contributed by atoms with van der Waals surface area (Å²) in [7, 11) is 0. The van der Waals surface area contributed by atoms with E-state index in [1.165, 1.54) is 11.0 Å². The second-order valence-corrected chi connectivity index (χ2v) is 11.8. The summed E-state index contributed by atoms with van der Waals surface area (Å²) in [5.74, 6) is -0.0296. The van der Waals surface area contributed by atoms with E-state index in [-0.39, 0.29) is 42.1 Å². The van der Waals surface area contributed by atoms with Crippen LogP contribution in [0, 0.1) is 0 Å². The number of H-pyrrole nitrogens is 1. The molecule has 2 fully saturated rings. The molecule has 1 atom stereocenters. The van der Waals surface area contributed by atoms with E-state index in [0.717, 1.165) is 16.5 Å². The van der Waals surface area contributed by atoms with E-state index < -0.39 is 18.0 Å². The number of carbonyl (C=O) groups excluding carboxylic acids is 2. The molecule has 0 radical (unpaired) electrons. The predicted molar refractivity (Wildman–Crippen MR) is 158 cm³/mol. The number of hydrogen-bond acceptors (Lipinski definition) is 7. The second-order valence-electron chi connectivity index (χ2n) is 11.4. The standard InChI is InChI=1S/C27H33ClF2N8O2.CH2O2/c1-5-21(39)37-12-14(13-37)33-26(40)23-22(24(29)30)34-20(38(23)15-6-7-31-10-15)11-32-25-16-8-17(27(2,3)4)18(28)9-19(16)35-36-25;2-1-3/h5,8-9,14-15,24,31H,1,6-7,10-13H2,2-4H3,(H,33,40)(H2,32,35,36);1H,(H,2,3). The summed E-state index contributed by atoms with van der Waals surface area (Å²) < 4.78 is 30.1. The van der Waals surface area contributed by atoms with Crippen LogP contribution in [0.1, 0.15) is 67.2 Å². The highest BCUT2D eigenvalue weighted by molar-refractivity contribution is 6.32. The number of anilines is 1. The van der Waals surface area contributed by atoms with Crippen LogP contribution in [0.2, 0.25) is 5.02 Å². The van der Waals surface area contributed by atoms with Crippen molar-refractivity contribution in [3.63, 3.8) is 0 Å². The Bertz CT molecular complexity index is 1500. The highest BCUT2D eigenvalue weighted by atomic mass is 35.5. The number of alkyl halides is 2. The lowest BCUT2D eigenvalue weighted by molar-refractivity contribution is -0.130. The fourth-order valence-corrected chi connectivity index (χ4v) is 5.74. The largest absolute Gasteiger partial charge is 0.483 e. The van der Waals surface area contributed by atoms with Crippen LogP contribution in [0.4, 0.5) is 14.6 Å². The molecule has 2 saturated heterocycles. The smallest absolute Gasteiger partial charge is 0.290 e. The summed E-state index contributed by atoms with van der Waals surface area (Å²) in [5.41, 5.74) is 0.779. The molecule has 232 valence electrons. The molecular formula is C28H35ClF2N8O4. The van der Waals surface area contributed by atoms with Gasteiger partial charge in [-0.3, -0.25) is 19.5 Å². The third-order valence-electron chi connectivity index (χ3n) is 7.41. The summed E-state index contributed by atoms with van der Waals surface area (Å²) in [6, 6.07) is 3.23. The van der Waals surface area contributed by atoms with Gasteiger partial charge in [-0.15, -0.1) is 0 Å². The molecule has 1 aromatic carbocycles. The van der Waals surface area contributed by atoms with Gasteiger partial charge < -0.3 is 30.5 Å². The number of amides is 2. The Hall–Kier alpha value is -4.04. The molecule has 2 aliphatic rings. The van der Waals surface area contributed by atoms with Crippen molar-refractivity contribution in [2.24, 2.45) is 0 Å². The molecule has 0 spiro atoms. The van der Waals surface area contributed by atoms with Crippen LogP contribution in [0.25, 0.3) is 10.9 Å². The molecule has 43 heavy (non-hydrogen) atoms. The first kappa shape index (κ1) is 31.9. The van der Waals surface area contributed by atoms with Crippen molar-refractivity contribution >= 4 is 46.6 Å². The van der Waals surface area contributed by atoms with E-state index in [0.29, 0.717) is 49.3 Å². The maximum atomic E-state index is 14.2. The Morgan fingerprint density at radius 1 is 1.30 bits per heavy atom. The number of halogens is 3. The number of fused-ring (bicyclic) bond motifs is 1. The lowest BCUT2D eigenvalue weighted by atomic mass is 9.86. The average Bonchev–Trinajstić information content (AvgIpc) is 3.66. The fraction of sp³-hybridized carbons (Fsp3) is 0.464. The highest BCUT2D eigenvalue weighted by Gasteiger charge is 2.36. The van der Waals surface area contributed by atoms with Gasteiger partial charge in [0.15, 0.2) is 5.82 Å². The first-order valence-electron chi connectivity index (χ1n) is 13.7. The van der Waals surface area contributed by atoms with Crippen molar-refractivity contribution < 1.29 is 28.3 Å². The molecule has 2 aliphatic heterocycles.